The molecule has 132 valence electrons. The molecule has 2 aliphatic rings. The van der Waals surface area contributed by atoms with Crippen LogP contribution in [0.1, 0.15) is 17.9 Å². The Morgan fingerprint density at radius 2 is 2.08 bits per heavy atom. The first-order valence-corrected chi connectivity index (χ1v) is 9.63. The number of piperidine rings is 1. The summed E-state index contributed by atoms with van der Waals surface area (Å²) < 4.78 is 49.1. The maximum atomic E-state index is 13.2. The normalized spacial score (nSPS) is 22.0. The molecular weight excluding hydrogens is 369 g/mol. The van der Waals surface area contributed by atoms with Crippen LogP contribution in [-0.2, 0) is 10.1 Å². The van der Waals surface area contributed by atoms with Crippen LogP contribution >= 0.6 is 11.6 Å². The van der Waals surface area contributed by atoms with Gasteiger partial charge in [0.1, 0.15) is 28.3 Å². The molecule has 2 atom stereocenters. The van der Waals surface area contributed by atoms with Crippen molar-refractivity contribution in [2.75, 3.05) is 13.1 Å². The number of nitrogens with one attached hydrogen (secondary N) is 1. The van der Waals surface area contributed by atoms with E-state index >= 15 is 0 Å². The first kappa shape index (κ1) is 16.6. The minimum Gasteiger partial charge on any atom is -0.488 e. The van der Waals surface area contributed by atoms with Crippen LogP contribution in [0.3, 0.4) is 0 Å². The topological polar surface area (TPSA) is 64.6 Å². The van der Waals surface area contributed by atoms with Gasteiger partial charge in [-0.05, 0) is 49.4 Å². The van der Waals surface area contributed by atoms with E-state index in [1.54, 1.807) is 18.2 Å². The average molecular weight is 384 g/mol. The zero-order valence-corrected chi connectivity index (χ0v) is 14.6. The number of hydrogen-bond acceptors (Lipinski definition) is 5. The zero-order valence-electron chi connectivity index (χ0n) is 13.0. The third-order valence-electron chi connectivity index (χ3n) is 4.47. The van der Waals surface area contributed by atoms with Gasteiger partial charge in [-0.2, -0.15) is 8.42 Å². The predicted octanol–water partition coefficient (Wildman–Crippen LogP) is 3.08. The monoisotopic (exact) mass is 383 g/mol. The van der Waals surface area contributed by atoms with Gasteiger partial charge in [0.05, 0.1) is 5.02 Å². The highest BCUT2D eigenvalue weighted by Gasteiger charge is 2.36. The second-order valence-electron chi connectivity index (χ2n) is 6.07. The summed E-state index contributed by atoms with van der Waals surface area (Å²) in [4.78, 5) is -0.199. The summed E-state index contributed by atoms with van der Waals surface area (Å²) in [5, 5.41) is 3.01. The molecule has 8 heteroatoms. The van der Waals surface area contributed by atoms with Gasteiger partial charge in [-0.1, -0.05) is 11.6 Å². The third-order valence-corrected chi connectivity index (χ3v) is 6.00. The molecule has 0 aromatic heterocycles. The van der Waals surface area contributed by atoms with Gasteiger partial charge < -0.3 is 14.2 Å². The minimum absolute atomic E-state index is 0.0616. The average Bonchev–Trinajstić information content (AvgIpc) is 2.95. The van der Waals surface area contributed by atoms with Crippen LogP contribution in [-0.4, -0.2) is 27.6 Å². The summed E-state index contributed by atoms with van der Waals surface area (Å²) in [5.74, 6) is 0.491. The number of ether oxygens (including phenoxy) is 1. The lowest BCUT2D eigenvalue weighted by Gasteiger charge is -2.24. The van der Waals surface area contributed by atoms with E-state index in [0.29, 0.717) is 0 Å². The van der Waals surface area contributed by atoms with Crippen molar-refractivity contribution in [3.8, 4) is 11.5 Å². The van der Waals surface area contributed by atoms with Gasteiger partial charge in [0.25, 0.3) is 0 Å². The second-order valence-corrected chi connectivity index (χ2v) is 8.02. The van der Waals surface area contributed by atoms with Gasteiger partial charge >= 0.3 is 10.1 Å². The highest BCUT2D eigenvalue weighted by atomic mass is 35.5. The Labute approximate surface area is 149 Å². The molecule has 5 nitrogen and oxygen atoms in total. The Kier molecular flexibility index (Phi) is 4.10. The van der Waals surface area contributed by atoms with E-state index in [0.717, 1.165) is 49.0 Å². The lowest BCUT2D eigenvalue weighted by atomic mass is 9.90. The van der Waals surface area contributed by atoms with Crippen molar-refractivity contribution in [3.05, 3.63) is 52.8 Å². The molecule has 0 amide bonds. The highest BCUT2D eigenvalue weighted by molar-refractivity contribution is 7.87. The molecular formula is C17H15ClFNO4S. The molecule has 1 N–H and O–H groups in total. The fourth-order valence-electron chi connectivity index (χ4n) is 3.26. The van der Waals surface area contributed by atoms with Crippen LogP contribution in [0, 0.1) is 5.82 Å². The summed E-state index contributed by atoms with van der Waals surface area (Å²) in [5.41, 5.74) is 0.955. The van der Waals surface area contributed by atoms with Crippen molar-refractivity contribution in [2.24, 2.45) is 0 Å². The van der Waals surface area contributed by atoms with Gasteiger partial charge in [0.2, 0.25) is 0 Å². The lowest BCUT2D eigenvalue weighted by Crippen LogP contribution is -2.39. The Morgan fingerprint density at radius 1 is 1.24 bits per heavy atom. The molecule has 0 aliphatic carbocycles. The summed E-state index contributed by atoms with van der Waals surface area (Å²) in [6.45, 7) is 1.66. The molecule has 2 unspecified atom stereocenters. The van der Waals surface area contributed by atoms with E-state index in [-0.39, 0.29) is 27.7 Å². The third kappa shape index (κ3) is 3.07. The number of halogens is 2. The van der Waals surface area contributed by atoms with Gasteiger partial charge in [-0.25, -0.2) is 4.39 Å². The smallest absolute Gasteiger partial charge is 0.339 e. The second kappa shape index (κ2) is 6.16. The largest absolute Gasteiger partial charge is 0.488 e. The number of hydrogen-bond donors (Lipinski definition) is 1. The molecule has 2 heterocycles. The molecule has 2 aromatic carbocycles. The Morgan fingerprint density at radius 3 is 2.88 bits per heavy atom. The van der Waals surface area contributed by atoms with E-state index in [2.05, 4.69) is 5.32 Å². The molecule has 0 spiro atoms. The van der Waals surface area contributed by atoms with Crippen LogP contribution < -0.4 is 14.2 Å². The van der Waals surface area contributed by atoms with E-state index in [1.165, 1.54) is 0 Å². The van der Waals surface area contributed by atoms with Crippen molar-refractivity contribution in [3.63, 3.8) is 0 Å². The van der Waals surface area contributed by atoms with E-state index < -0.39 is 15.9 Å². The van der Waals surface area contributed by atoms with Crippen molar-refractivity contribution in [2.45, 2.75) is 23.3 Å². The highest BCUT2D eigenvalue weighted by Crippen LogP contribution is 2.43. The first-order chi connectivity index (χ1) is 11.9. The Hall–Kier alpha value is -1.83. The van der Waals surface area contributed by atoms with Crippen LogP contribution in [0.25, 0.3) is 0 Å². The number of fused-ring (bicyclic) bond motifs is 3. The molecule has 25 heavy (non-hydrogen) atoms. The molecule has 1 fully saturated rings. The number of benzene rings is 2. The fraction of sp³-hybridized carbons (Fsp3) is 0.294. The fourth-order valence-corrected chi connectivity index (χ4v) is 4.45. The van der Waals surface area contributed by atoms with Gasteiger partial charge in [0, 0.05) is 18.0 Å². The molecule has 0 saturated carbocycles. The van der Waals surface area contributed by atoms with Gasteiger partial charge in [-0.15, -0.1) is 0 Å². The standard InChI is InChI=1S/C17H15ClFNO4S/c18-14-8-11(2-3-15(14)19)25(21,22)24-10-1-4-16-13(7-10)12-5-6-20-9-17(12)23-16/h1-4,7-8,12,17,20H,5-6,9H2. The van der Waals surface area contributed by atoms with Gasteiger partial charge in [0.15, 0.2) is 0 Å². The summed E-state index contributed by atoms with van der Waals surface area (Å²) in [6, 6.07) is 8.12. The van der Waals surface area contributed by atoms with Crippen LogP contribution in [0.5, 0.6) is 11.5 Å². The molecule has 0 bridgehead atoms. The zero-order chi connectivity index (χ0) is 17.6. The summed E-state index contributed by atoms with van der Waals surface area (Å²) >= 11 is 5.66. The molecule has 1 saturated heterocycles. The minimum atomic E-state index is -4.10. The molecule has 2 aliphatic heterocycles. The van der Waals surface area contributed by atoms with Crippen molar-refractivity contribution in [1.82, 2.24) is 5.32 Å². The maximum absolute atomic E-state index is 13.2. The number of rotatable bonds is 3. The summed E-state index contributed by atoms with van der Waals surface area (Å²) in [6.07, 6.45) is 0.980. The lowest BCUT2D eigenvalue weighted by molar-refractivity contribution is 0.177. The van der Waals surface area contributed by atoms with Crippen molar-refractivity contribution in [1.29, 1.82) is 0 Å². The van der Waals surface area contributed by atoms with Crippen LogP contribution in [0.15, 0.2) is 41.3 Å². The van der Waals surface area contributed by atoms with Crippen molar-refractivity contribution >= 4 is 21.7 Å². The first-order valence-electron chi connectivity index (χ1n) is 7.85. The molecule has 4 rings (SSSR count). The SMILES string of the molecule is O=S(=O)(Oc1ccc2c(c1)C1CCNCC1O2)c1ccc(F)c(Cl)c1. The van der Waals surface area contributed by atoms with Crippen LogP contribution in [0.4, 0.5) is 4.39 Å². The Bertz CT molecular complexity index is 934. The maximum Gasteiger partial charge on any atom is 0.339 e. The molecule has 0 radical (unpaired) electrons. The quantitative estimate of drug-likeness (QED) is 0.825. The summed E-state index contributed by atoms with van der Waals surface area (Å²) in [7, 11) is -4.10. The van der Waals surface area contributed by atoms with Gasteiger partial charge in [-0.3, -0.25) is 0 Å². The van der Waals surface area contributed by atoms with E-state index in [4.69, 9.17) is 20.5 Å². The Balaban J connectivity index is 1.62. The van der Waals surface area contributed by atoms with Crippen molar-refractivity contribution < 1.29 is 21.7 Å². The molecule has 2 aromatic rings. The van der Waals surface area contributed by atoms with Crippen LogP contribution in [0.2, 0.25) is 5.02 Å². The predicted molar refractivity (Wildman–Crippen MR) is 90.3 cm³/mol. The van der Waals surface area contributed by atoms with E-state index in [1.807, 2.05) is 0 Å². The van der Waals surface area contributed by atoms with E-state index in [9.17, 15) is 12.8 Å².